The highest BCUT2D eigenvalue weighted by Crippen LogP contribution is 2.37. The van der Waals surface area contributed by atoms with Crippen molar-refractivity contribution >= 4 is 11.0 Å². The quantitative estimate of drug-likeness (QED) is 0.840. The molecule has 0 amide bonds. The van der Waals surface area contributed by atoms with Crippen molar-refractivity contribution in [3.8, 4) is 0 Å². The van der Waals surface area contributed by atoms with Crippen LogP contribution in [0.3, 0.4) is 0 Å². The van der Waals surface area contributed by atoms with Crippen LogP contribution in [0.1, 0.15) is 30.6 Å². The maximum atomic E-state index is 9.91. The first kappa shape index (κ1) is 10.7. The van der Waals surface area contributed by atoms with E-state index in [2.05, 4.69) is 20.9 Å². The standard InChI is InChI=1S/C13H17N3O/c1-14-7-13(17)9-2-5-12-11(6-9)15-8-16(12)10-3-4-10/h2,5-6,8,10,13-14,17H,3-4,7H2,1H3. The summed E-state index contributed by atoms with van der Waals surface area (Å²) in [4.78, 5) is 4.41. The number of aliphatic hydroxyl groups is 1. The topological polar surface area (TPSA) is 50.1 Å². The minimum Gasteiger partial charge on any atom is -0.387 e. The molecule has 1 aromatic carbocycles. The van der Waals surface area contributed by atoms with Gasteiger partial charge in [0.05, 0.1) is 23.5 Å². The Bertz CT molecular complexity index is 530. The number of nitrogens with zero attached hydrogens (tertiary/aromatic N) is 2. The van der Waals surface area contributed by atoms with E-state index in [-0.39, 0.29) is 0 Å². The Hall–Kier alpha value is -1.39. The Morgan fingerprint density at radius 3 is 3.06 bits per heavy atom. The molecule has 1 heterocycles. The zero-order valence-corrected chi connectivity index (χ0v) is 9.93. The summed E-state index contributed by atoms with van der Waals surface area (Å²) in [5, 5.41) is 12.9. The molecule has 0 spiro atoms. The predicted molar refractivity (Wildman–Crippen MR) is 66.9 cm³/mol. The molecule has 1 saturated carbocycles. The van der Waals surface area contributed by atoms with E-state index >= 15 is 0 Å². The van der Waals surface area contributed by atoms with Gasteiger partial charge >= 0.3 is 0 Å². The molecular weight excluding hydrogens is 214 g/mol. The zero-order chi connectivity index (χ0) is 11.8. The fraction of sp³-hybridized carbons (Fsp3) is 0.462. The van der Waals surface area contributed by atoms with E-state index in [0.29, 0.717) is 12.6 Å². The molecule has 3 rings (SSSR count). The van der Waals surface area contributed by atoms with Crippen molar-refractivity contribution < 1.29 is 5.11 Å². The van der Waals surface area contributed by atoms with Crippen LogP contribution in [-0.4, -0.2) is 28.3 Å². The largest absolute Gasteiger partial charge is 0.387 e. The fourth-order valence-electron chi connectivity index (χ4n) is 2.21. The average molecular weight is 231 g/mol. The van der Waals surface area contributed by atoms with Crippen LogP contribution in [0.25, 0.3) is 11.0 Å². The van der Waals surface area contributed by atoms with Gasteiger partial charge in [0.15, 0.2) is 0 Å². The Morgan fingerprint density at radius 2 is 2.35 bits per heavy atom. The Morgan fingerprint density at radius 1 is 1.53 bits per heavy atom. The van der Waals surface area contributed by atoms with Gasteiger partial charge in [-0.2, -0.15) is 0 Å². The molecule has 0 radical (unpaired) electrons. The number of benzene rings is 1. The smallest absolute Gasteiger partial charge is 0.0960 e. The van der Waals surface area contributed by atoms with Gasteiger partial charge in [-0.05, 0) is 37.6 Å². The highest BCUT2D eigenvalue weighted by atomic mass is 16.3. The monoisotopic (exact) mass is 231 g/mol. The van der Waals surface area contributed by atoms with Crippen molar-refractivity contribution in [2.45, 2.75) is 25.0 Å². The van der Waals surface area contributed by atoms with Crippen LogP contribution in [0.4, 0.5) is 0 Å². The van der Waals surface area contributed by atoms with Crippen LogP contribution >= 0.6 is 0 Å². The number of rotatable bonds is 4. The van der Waals surface area contributed by atoms with Gasteiger partial charge < -0.3 is 15.0 Å². The molecule has 0 bridgehead atoms. The molecule has 1 unspecified atom stereocenters. The second-order valence-electron chi connectivity index (χ2n) is 4.70. The van der Waals surface area contributed by atoms with Crippen LogP contribution in [0, 0.1) is 0 Å². The predicted octanol–water partition coefficient (Wildman–Crippen LogP) is 1.62. The number of aliphatic hydroxyl groups excluding tert-OH is 1. The van der Waals surface area contributed by atoms with Crippen LogP contribution in [-0.2, 0) is 0 Å². The molecule has 1 aromatic heterocycles. The Balaban J connectivity index is 1.96. The molecule has 1 atom stereocenters. The third kappa shape index (κ3) is 1.94. The zero-order valence-electron chi connectivity index (χ0n) is 9.93. The number of imidazole rings is 1. The molecule has 2 aromatic rings. The molecule has 4 nitrogen and oxygen atoms in total. The highest BCUT2D eigenvalue weighted by molar-refractivity contribution is 5.76. The molecule has 17 heavy (non-hydrogen) atoms. The lowest BCUT2D eigenvalue weighted by Crippen LogP contribution is -2.16. The van der Waals surface area contributed by atoms with E-state index in [1.165, 1.54) is 18.4 Å². The SMILES string of the molecule is CNCC(O)c1ccc2c(c1)ncn2C1CC1. The van der Waals surface area contributed by atoms with E-state index in [9.17, 15) is 5.11 Å². The Labute approximate surface area is 100 Å². The van der Waals surface area contributed by atoms with Gasteiger partial charge in [-0.1, -0.05) is 6.07 Å². The minimum atomic E-state index is -0.463. The summed E-state index contributed by atoms with van der Waals surface area (Å²) in [5.74, 6) is 0. The second-order valence-corrected chi connectivity index (χ2v) is 4.70. The summed E-state index contributed by atoms with van der Waals surface area (Å²) in [5.41, 5.74) is 3.07. The summed E-state index contributed by atoms with van der Waals surface area (Å²) in [7, 11) is 1.84. The van der Waals surface area contributed by atoms with Crippen LogP contribution in [0.5, 0.6) is 0 Å². The van der Waals surface area contributed by atoms with Gasteiger partial charge in [-0.3, -0.25) is 0 Å². The number of nitrogens with one attached hydrogen (secondary N) is 1. The van der Waals surface area contributed by atoms with E-state index in [1.807, 2.05) is 25.5 Å². The normalized spacial score (nSPS) is 17.5. The summed E-state index contributed by atoms with van der Waals surface area (Å²) in [6.45, 7) is 0.564. The maximum Gasteiger partial charge on any atom is 0.0960 e. The van der Waals surface area contributed by atoms with E-state index in [1.54, 1.807) is 0 Å². The number of aromatic nitrogens is 2. The summed E-state index contributed by atoms with van der Waals surface area (Å²) >= 11 is 0. The van der Waals surface area contributed by atoms with Crippen molar-refractivity contribution in [2.75, 3.05) is 13.6 Å². The lowest BCUT2D eigenvalue weighted by molar-refractivity contribution is 0.178. The summed E-state index contributed by atoms with van der Waals surface area (Å²) in [6, 6.07) is 6.68. The van der Waals surface area contributed by atoms with E-state index in [0.717, 1.165) is 11.1 Å². The second kappa shape index (κ2) is 4.13. The molecular formula is C13H17N3O. The van der Waals surface area contributed by atoms with Gasteiger partial charge in [0.25, 0.3) is 0 Å². The van der Waals surface area contributed by atoms with Gasteiger partial charge in [-0.25, -0.2) is 4.98 Å². The van der Waals surface area contributed by atoms with Gasteiger partial charge in [0, 0.05) is 12.6 Å². The number of hydrogen-bond donors (Lipinski definition) is 2. The van der Waals surface area contributed by atoms with Crippen LogP contribution in [0.15, 0.2) is 24.5 Å². The van der Waals surface area contributed by atoms with Crippen LogP contribution < -0.4 is 5.32 Å². The van der Waals surface area contributed by atoms with Crippen molar-refractivity contribution in [3.05, 3.63) is 30.1 Å². The minimum absolute atomic E-state index is 0.463. The fourth-order valence-corrected chi connectivity index (χ4v) is 2.21. The molecule has 0 aliphatic heterocycles. The van der Waals surface area contributed by atoms with E-state index in [4.69, 9.17) is 0 Å². The molecule has 4 heteroatoms. The number of fused-ring (bicyclic) bond motifs is 1. The van der Waals surface area contributed by atoms with Gasteiger partial charge in [-0.15, -0.1) is 0 Å². The van der Waals surface area contributed by atoms with Crippen molar-refractivity contribution in [2.24, 2.45) is 0 Å². The molecule has 2 N–H and O–H groups in total. The van der Waals surface area contributed by atoms with Gasteiger partial charge in [0.2, 0.25) is 0 Å². The lowest BCUT2D eigenvalue weighted by Gasteiger charge is -2.10. The summed E-state index contributed by atoms with van der Waals surface area (Å²) in [6.07, 6.45) is 3.97. The summed E-state index contributed by atoms with van der Waals surface area (Å²) < 4.78 is 2.24. The van der Waals surface area contributed by atoms with Crippen LogP contribution in [0.2, 0.25) is 0 Å². The first-order valence-corrected chi connectivity index (χ1v) is 6.09. The molecule has 0 saturated heterocycles. The first-order valence-electron chi connectivity index (χ1n) is 6.09. The number of likely N-dealkylation sites (N-methyl/N-ethyl adjacent to an activating group) is 1. The third-order valence-corrected chi connectivity index (χ3v) is 3.32. The van der Waals surface area contributed by atoms with Crippen molar-refractivity contribution in [1.29, 1.82) is 0 Å². The molecule has 1 fully saturated rings. The van der Waals surface area contributed by atoms with Gasteiger partial charge in [0.1, 0.15) is 0 Å². The number of hydrogen-bond acceptors (Lipinski definition) is 3. The molecule has 1 aliphatic carbocycles. The first-order chi connectivity index (χ1) is 8.29. The van der Waals surface area contributed by atoms with E-state index < -0.39 is 6.10 Å². The highest BCUT2D eigenvalue weighted by Gasteiger charge is 2.24. The molecule has 90 valence electrons. The third-order valence-electron chi connectivity index (χ3n) is 3.32. The average Bonchev–Trinajstić information content (AvgIpc) is 3.09. The Kier molecular flexibility index (Phi) is 2.61. The maximum absolute atomic E-state index is 9.91. The molecule has 1 aliphatic rings. The van der Waals surface area contributed by atoms with Crippen molar-refractivity contribution in [3.63, 3.8) is 0 Å². The lowest BCUT2D eigenvalue weighted by atomic mass is 10.1. The van der Waals surface area contributed by atoms with Crippen molar-refractivity contribution in [1.82, 2.24) is 14.9 Å².